The van der Waals surface area contributed by atoms with Crippen molar-refractivity contribution in [3.63, 3.8) is 0 Å². The van der Waals surface area contributed by atoms with Gasteiger partial charge < -0.3 is 63.4 Å². The van der Waals surface area contributed by atoms with Crippen molar-refractivity contribution in [2.24, 2.45) is 11.8 Å². The molecule has 0 spiro atoms. The lowest BCUT2D eigenvalue weighted by Gasteiger charge is -2.45. The summed E-state index contributed by atoms with van der Waals surface area (Å²) < 4.78 is 38.2. The van der Waals surface area contributed by atoms with Crippen LogP contribution in [-0.4, -0.2) is 161 Å². The number of aliphatic hydroxyl groups is 2. The Morgan fingerprint density at radius 1 is 0.687 bits per heavy atom. The van der Waals surface area contributed by atoms with Gasteiger partial charge in [0.25, 0.3) is 11.8 Å². The third-order valence-corrected chi connectivity index (χ3v) is 11.9. The average Bonchev–Trinajstić information content (AvgIpc) is 3.33. The zero-order valence-corrected chi connectivity index (χ0v) is 41.5. The summed E-state index contributed by atoms with van der Waals surface area (Å²) in [5.41, 5.74) is 1.90. The Bertz CT molecular complexity index is 1920. The van der Waals surface area contributed by atoms with E-state index in [9.17, 15) is 24.6 Å². The second-order valence-corrected chi connectivity index (χ2v) is 17.0. The number of benzene rings is 3. The molecule has 3 amide bonds. The van der Waals surface area contributed by atoms with E-state index in [1.54, 1.807) is 74.6 Å². The van der Waals surface area contributed by atoms with Gasteiger partial charge in [0.05, 0.1) is 33.5 Å². The van der Waals surface area contributed by atoms with Gasteiger partial charge in [0.2, 0.25) is 0 Å². The minimum absolute atomic E-state index is 0. The van der Waals surface area contributed by atoms with Crippen LogP contribution in [0.25, 0.3) is 0 Å². The van der Waals surface area contributed by atoms with Crippen molar-refractivity contribution in [2.45, 2.75) is 84.2 Å². The van der Waals surface area contributed by atoms with Crippen LogP contribution in [0.2, 0.25) is 0 Å². The number of methoxy groups -OCH3 is 4. The summed E-state index contributed by atoms with van der Waals surface area (Å²) in [5.74, 6) is 1.81. The fourth-order valence-corrected chi connectivity index (χ4v) is 8.37. The number of hydrogen-bond acceptors (Lipinski definition) is 13. The fourth-order valence-electron chi connectivity index (χ4n) is 8.37. The van der Waals surface area contributed by atoms with E-state index < -0.39 is 6.09 Å². The molecule has 0 saturated carbocycles. The topological polar surface area (TPSA) is 178 Å². The average molecular weight is 960 g/mol. The number of ether oxygens (including phenoxy) is 7. The number of halogens is 1. The molecule has 16 nitrogen and oxygen atoms in total. The van der Waals surface area contributed by atoms with Crippen LogP contribution in [0, 0.1) is 11.8 Å². The van der Waals surface area contributed by atoms with Gasteiger partial charge in [0.1, 0.15) is 6.61 Å². The number of carbonyl (C=O) groups is 3. The van der Waals surface area contributed by atoms with Gasteiger partial charge in [-0.1, -0.05) is 30.3 Å². The fraction of sp³-hybridized carbons (Fsp3) is 0.580. The van der Waals surface area contributed by atoms with Gasteiger partial charge in [0, 0.05) is 114 Å². The number of likely N-dealkylation sites (tertiary alicyclic amines) is 1. The van der Waals surface area contributed by atoms with Crippen molar-refractivity contribution in [3.05, 3.63) is 83.4 Å². The number of amides is 3. The molecule has 3 aromatic rings. The minimum atomic E-state index is -0.428. The lowest BCUT2D eigenvalue weighted by molar-refractivity contribution is 0.00794. The van der Waals surface area contributed by atoms with Crippen LogP contribution in [0.1, 0.15) is 79.7 Å². The molecule has 67 heavy (non-hydrogen) atoms. The lowest BCUT2D eigenvalue weighted by Crippen LogP contribution is -2.58. The Balaban J connectivity index is 0.000000366. The maximum Gasteiger partial charge on any atom is 0.410 e. The minimum Gasteiger partial charge on any atom is -0.493 e. The molecule has 2 heterocycles. The van der Waals surface area contributed by atoms with Crippen molar-refractivity contribution in [2.75, 3.05) is 94.3 Å². The molecule has 4 unspecified atom stereocenters. The molecule has 0 aromatic heterocycles. The quantitative estimate of drug-likeness (QED) is 0.0953. The van der Waals surface area contributed by atoms with Gasteiger partial charge >= 0.3 is 6.09 Å². The number of nitrogens with one attached hydrogen (secondary N) is 1. The van der Waals surface area contributed by atoms with E-state index in [1.807, 2.05) is 62.9 Å². The first-order chi connectivity index (χ1) is 31.9. The zero-order valence-electron chi connectivity index (χ0n) is 40.6. The Labute approximate surface area is 403 Å². The standard InChI is InChI=1S/C29H40N2O7.C21H34N2O5.ClH/c1-21(2)31(28(33)23-11-12-26(36-4)27(17-23)37-16-8-15-35-3)25-18-30(14-13-24(25)19-32)29(34)38-20-22-9-6-5-7-10-22;1-15(2)23(18-13-22-9-8-17(18)14-24)21(25)16-6-7-19(27-4)20(12-16)28-11-5-10-26-3;/h5-7,9-12,17,21,24-25,32H,8,13-16,18-20H2,1-4H3;6-7,12,15,17-18,22,24H,5,8-11,13-14H2,1-4H3;1H. The Morgan fingerprint density at radius 2 is 1.19 bits per heavy atom. The summed E-state index contributed by atoms with van der Waals surface area (Å²) in [6, 6.07) is 19.3. The first-order valence-corrected chi connectivity index (χ1v) is 23.1. The number of piperidine rings is 2. The molecule has 0 bridgehead atoms. The molecule has 374 valence electrons. The van der Waals surface area contributed by atoms with Gasteiger partial charge in [-0.15, -0.1) is 12.4 Å². The van der Waals surface area contributed by atoms with E-state index in [4.69, 9.17) is 33.2 Å². The molecule has 17 heteroatoms. The summed E-state index contributed by atoms with van der Waals surface area (Å²) in [4.78, 5) is 45.4. The molecule has 5 rings (SSSR count). The van der Waals surface area contributed by atoms with Crippen molar-refractivity contribution >= 4 is 30.3 Å². The molecule has 2 aliphatic heterocycles. The van der Waals surface area contributed by atoms with E-state index in [1.165, 1.54) is 0 Å². The van der Waals surface area contributed by atoms with E-state index in [0.29, 0.717) is 86.5 Å². The predicted molar refractivity (Wildman–Crippen MR) is 259 cm³/mol. The molecule has 2 fully saturated rings. The molecule has 3 aromatic carbocycles. The molecule has 0 aliphatic carbocycles. The third-order valence-electron chi connectivity index (χ3n) is 11.9. The van der Waals surface area contributed by atoms with Gasteiger partial charge in [-0.05, 0) is 89.0 Å². The second-order valence-electron chi connectivity index (χ2n) is 17.0. The highest BCUT2D eigenvalue weighted by molar-refractivity contribution is 5.96. The summed E-state index contributed by atoms with van der Waals surface area (Å²) >= 11 is 0. The number of aliphatic hydroxyl groups excluding tert-OH is 2. The molecular formula is C50H75ClN4O12. The van der Waals surface area contributed by atoms with Crippen LogP contribution in [-0.2, 0) is 20.8 Å². The Hall–Kier alpha value is -4.84. The van der Waals surface area contributed by atoms with Gasteiger partial charge in [0.15, 0.2) is 23.0 Å². The highest BCUT2D eigenvalue weighted by atomic mass is 35.5. The van der Waals surface area contributed by atoms with Crippen molar-refractivity contribution in [3.8, 4) is 23.0 Å². The van der Waals surface area contributed by atoms with Crippen LogP contribution in [0.3, 0.4) is 0 Å². The van der Waals surface area contributed by atoms with E-state index >= 15 is 0 Å². The van der Waals surface area contributed by atoms with Crippen LogP contribution in [0.4, 0.5) is 4.79 Å². The number of nitrogens with zero attached hydrogens (tertiary/aromatic N) is 3. The van der Waals surface area contributed by atoms with E-state index in [0.717, 1.165) is 24.9 Å². The van der Waals surface area contributed by atoms with Crippen LogP contribution in [0.15, 0.2) is 66.7 Å². The summed E-state index contributed by atoms with van der Waals surface area (Å²) in [6.07, 6.45) is 2.44. The first-order valence-electron chi connectivity index (χ1n) is 23.1. The first kappa shape index (κ1) is 56.5. The van der Waals surface area contributed by atoms with Crippen molar-refractivity contribution in [1.29, 1.82) is 0 Å². The molecule has 2 saturated heterocycles. The summed E-state index contributed by atoms with van der Waals surface area (Å²) in [6.45, 7) is 12.4. The van der Waals surface area contributed by atoms with Crippen LogP contribution in [0.5, 0.6) is 23.0 Å². The second kappa shape index (κ2) is 29.8. The maximum absolute atomic E-state index is 13.9. The van der Waals surface area contributed by atoms with Gasteiger partial charge in [-0.3, -0.25) is 9.59 Å². The largest absolute Gasteiger partial charge is 0.493 e. The van der Waals surface area contributed by atoms with Gasteiger partial charge in [-0.2, -0.15) is 0 Å². The van der Waals surface area contributed by atoms with E-state index in [-0.39, 0.29) is 86.6 Å². The highest BCUT2D eigenvalue weighted by Gasteiger charge is 2.39. The predicted octanol–water partition coefficient (Wildman–Crippen LogP) is 6.33. The molecule has 2 aliphatic rings. The van der Waals surface area contributed by atoms with Crippen molar-refractivity contribution < 1.29 is 57.8 Å². The molecule has 0 radical (unpaired) electrons. The van der Waals surface area contributed by atoms with Crippen LogP contribution >= 0.6 is 12.4 Å². The van der Waals surface area contributed by atoms with Crippen molar-refractivity contribution in [1.82, 2.24) is 20.0 Å². The van der Waals surface area contributed by atoms with Gasteiger partial charge in [-0.25, -0.2) is 4.79 Å². The Kier molecular flexibility index (Phi) is 25.1. The lowest BCUT2D eigenvalue weighted by atomic mass is 9.89. The molecular weight excluding hydrogens is 884 g/mol. The smallest absolute Gasteiger partial charge is 0.410 e. The number of carbonyl (C=O) groups excluding carboxylic acids is 3. The van der Waals surface area contributed by atoms with E-state index in [2.05, 4.69) is 5.32 Å². The number of hydrogen-bond donors (Lipinski definition) is 3. The molecule has 3 N–H and O–H groups in total. The normalized spacial score (nSPS) is 17.9. The third kappa shape index (κ3) is 16.4. The highest BCUT2D eigenvalue weighted by Crippen LogP contribution is 2.33. The molecule has 4 atom stereocenters. The SMILES string of the molecule is COCCCOc1cc(C(=O)N(C(C)C)C2CN(C(=O)OCc3ccccc3)CCC2CO)ccc1OC.COCCCOc1cc(C(=O)N(C(C)C)C2CNCCC2CO)ccc1OC.Cl. The number of rotatable bonds is 22. The summed E-state index contributed by atoms with van der Waals surface area (Å²) in [7, 11) is 6.42. The Morgan fingerprint density at radius 3 is 1.67 bits per heavy atom. The maximum atomic E-state index is 13.9. The summed E-state index contributed by atoms with van der Waals surface area (Å²) in [5, 5.41) is 23.3. The zero-order chi connectivity index (χ0) is 48.0. The monoisotopic (exact) mass is 959 g/mol. The van der Waals surface area contributed by atoms with Crippen LogP contribution < -0.4 is 24.3 Å².